The van der Waals surface area contributed by atoms with E-state index in [0.717, 1.165) is 12.8 Å². The van der Waals surface area contributed by atoms with Crippen molar-refractivity contribution in [1.82, 2.24) is 4.57 Å². The molecule has 0 aliphatic carbocycles. The average molecular weight is 402 g/mol. The average Bonchev–Trinajstić information content (AvgIpc) is 3.16. The van der Waals surface area contributed by atoms with Crippen molar-refractivity contribution in [3.05, 3.63) is 71.0 Å². The zero-order valence-electron chi connectivity index (χ0n) is 19.8. The Morgan fingerprint density at radius 2 is 1.60 bits per heavy atom. The highest BCUT2D eigenvalue weighted by molar-refractivity contribution is 5.66. The molecule has 0 N–H and O–H groups in total. The van der Waals surface area contributed by atoms with E-state index < -0.39 is 0 Å². The summed E-state index contributed by atoms with van der Waals surface area (Å²) in [6.45, 7) is 16.3. The fourth-order valence-electron chi connectivity index (χ4n) is 6.48. The molecular formula is C28H37N2+. The molecule has 0 saturated carbocycles. The van der Waals surface area contributed by atoms with Crippen molar-refractivity contribution in [2.24, 2.45) is 0 Å². The molecule has 0 spiro atoms. The van der Waals surface area contributed by atoms with Gasteiger partial charge in [-0.1, -0.05) is 63.1 Å². The number of aryl methyl sites for hydroxylation is 3. The molecule has 0 saturated heterocycles. The molecule has 158 valence electrons. The number of aromatic nitrogens is 2. The minimum Gasteiger partial charge on any atom is -0.224 e. The Morgan fingerprint density at radius 3 is 2.20 bits per heavy atom. The monoisotopic (exact) mass is 401 g/mol. The van der Waals surface area contributed by atoms with Gasteiger partial charge in [0.05, 0.1) is 5.56 Å². The largest absolute Gasteiger partial charge is 0.294 e. The Balaban J connectivity index is 2.10. The quantitative estimate of drug-likeness (QED) is 0.409. The van der Waals surface area contributed by atoms with Crippen molar-refractivity contribution in [1.29, 1.82) is 0 Å². The van der Waals surface area contributed by atoms with Crippen LogP contribution in [0.25, 0.3) is 17.1 Å². The van der Waals surface area contributed by atoms with Gasteiger partial charge < -0.3 is 0 Å². The standard InChI is InChI=1S/C28H37N2/c1-8-15-28(10-3)24-14-12-11-13-23(24)26-29(16-17-30(26)27(28,7)9-2)25-21(5)18-20(4)19-22(25)6/h11-14,16-19H,8-10,15H2,1-7H3/q+1. The molecule has 0 radical (unpaired) electrons. The van der Waals surface area contributed by atoms with Gasteiger partial charge in [-0.15, -0.1) is 0 Å². The summed E-state index contributed by atoms with van der Waals surface area (Å²) in [6.07, 6.45) is 9.32. The van der Waals surface area contributed by atoms with E-state index in [-0.39, 0.29) is 11.0 Å². The normalized spacial score (nSPS) is 22.6. The van der Waals surface area contributed by atoms with Crippen LogP contribution in [-0.4, -0.2) is 4.57 Å². The summed E-state index contributed by atoms with van der Waals surface area (Å²) in [5, 5.41) is 0. The summed E-state index contributed by atoms with van der Waals surface area (Å²) in [4.78, 5) is 0. The van der Waals surface area contributed by atoms with Gasteiger partial charge in [0.15, 0.2) is 0 Å². The summed E-state index contributed by atoms with van der Waals surface area (Å²) in [5.74, 6) is 1.32. The van der Waals surface area contributed by atoms with Gasteiger partial charge in [0.1, 0.15) is 23.6 Å². The van der Waals surface area contributed by atoms with Crippen LogP contribution in [0.15, 0.2) is 48.8 Å². The summed E-state index contributed by atoms with van der Waals surface area (Å²) in [6, 6.07) is 13.8. The van der Waals surface area contributed by atoms with Crippen LogP contribution in [0.1, 0.15) is 75.6 Å². The van der Waals surface area contributed by atoms with E-state index in [4.69, 9.17) is 0 Å². The lowest BCUT2D eigenvalue weighted by molar-refractivity contribution is -0.765. The third-order valence-corrected chi connectivity index (χ3v) is 7.91. The second kappa shape index (κ2) is 7.41. The summed E-state index contributed by atoms with van der Waals surface area (Å²) in [7, 11) is 0. The first-order chi connectivity index (χ1) is 14.3. The fraction of sp³-hybridized carbons (Fsp3) is 0.464. The molecule has 0 bridgehead atoms. The van der Waals surface area contributed by atoms with Crippen LogP contribution in [0, 0.1) is 20.8 Å². The third kappa shape index (κ3) is 2.65. The lowest BCUT2D eigenvalue weighted by atomic mass is 9.58. The Labute approximate surface area is 182 Å². The van der Waals surface area contributed by atoms with Gasteiger partial charge in [0.25, 0.3) is 5.82 Å². The summed E-state index contributed by atoms with van der Waals surface area (Å²) >= 11 is 0. The van der Waals surface area contributed by atoms with Crippen molar-refractivity contribution < 1.29 is 4.57 Å². The van der Waals surface area contributed by atoms with E-state index in [1.54, 1.807) is 0 Å². The van der Waals surface area contributed by atoms with E-state index >= 15 is 0 Å². The van der Waals surface area contributed by atoms with E-state index in [1.165, 1.54) is 52.2 Å². The van der Waals surface area contributed by atoms with E-state index in [0.29, 0.717) is 0 Å². The molecule has 30 heavy (non-hydrogen) atoms. The maximum Gasteiger partial charge on any atom is 0.294 e. The Bertz CT molecular complexity index is 1070. The van der Waals surface area contributed by atoms with Crippen LogP contribution in [0.5, 0.6) is 0 Å². The lowest BCUT2D eigenvalue weighted by Gasteiger charge is -2.50. The zero-order chi connectivity index (χ0) is 21.7. The zero-order valence-corrected chi connectivity index (χ0v) is 19.8. The molecule has 0 amide bonds. The van der Waals surface area contributed by atoms with Crippen LogP contribution in [0.3, 0.4) is 0 Å². The van der Waals surface area contributed by atoms with Crippen molar-refractivity contribution in [2.45, 2.75) is 85.1 Å². The van der Waals surface area contributed by atoms with Gasteiger partial charge in [-0.05, 0) is 69.7 Å². The highest BCUT2D eigenvalue weighted by atomic mass is 15.2. The number of fused-ring (bicyclic) bond motifs is 3. The molecular weight excluding hydrogens is 364 g/mol. The molecule has 4 rings (SSSR count). The highest BCUT2D eigenvalue weighted by Crippen LogP contribution is 2.52. The van der Waals surface area contributed by atoms with Crippen LogP contribution in [0.4, 0.5) is 0 Å². The number of hydrogen-bond acceptors (Lipinski definition) is 0. The smallest absolute Gasteiger partial charge is 0.224 e. The Kier molecular flexibility index (Phi) is 5.16. The van der Waals surface area contributed by atoms with Gasteiger partial charge in [-0.2, -0.15) is 4.57 Å². The molecule has 3 aromatic rings. The Morgan fingerprint density at radius 1 is 0.933 bits per heavy atom. The van der Waals surface area contributed by atoms with Crippen molar-refractivity contribution in [3.63, 3.8) is 0 Å². The number of hydrogen-bond donors (Lipinski definition) is 0. The SMILES string of the molecule is CCCC1(CC)c2ccccc2-c2n(-c3c(C)cc(C)cc3C)cc[n+]2C1(C)CC. The second-order valence-electron chi connectivity index (χ2n) is 9.47. The minimum absolute atomic E-state index is 0.0409. The van der Waals surface area contributed by atoms with Crippen molar-refractivity contribution in [3.8, 4) is 17.1 Å². The maximum atomic E-state index is 2.60. The van der Waals surface area contributed by atoms with E-state index in [9.17, 15) is 0 Å². The van der Waals surface area contributed by atoms with Crippen LogP contribution < -0.4 is 4.57 Å². The molecule has 2 nitrogen and oxygen atoms in total. The first-order valence-electron chi connectivity index (χ1n) is 11.7. The number of benzene rings is 2. The fourth-order valence-corrected chi connectivity index (χ4v) is 6.48. The maximum absolute atomic E-state index is 2.60. The molecule has 1 aliphatic rings. The van der Waals surface area contributed by atoms with Gasteiger partial charge in [-0.25, -0.2) is 4.57 Å². The molecule has 2 unspecified atom stereocenters. The molecule has 2 heteroatoms. The van der Waals surface area contributed by atoms with Gasteiger partial charge in [0, 0.05) is 5.41 Å². The molecule has 1 aromatic heterocycles. The van der Waals surface area contributed by atoms with Gasteiger partial charge in [0.2, 0.25) is 0 Å². The topological polar surface area (TPSA) is 8.81 Å². The van der Waals surface area contributed by atoms with Gasteiger partial charge >= 0.3 is 0 Å². The van der Waals surface area contributed by atoms with E-state index in [1.807, 2.05) is 0 Å². The predicted molar refractivity (Wildman–Crippen MR) is 126 cm³/mol. The first-order valence-corrected chi connectivity index (χ1v) is 11.7. The number of rotatable bonds is 5. The Hall–Kier alpha value is -2.35. The molecule has 2 atom stereocenters. The van der Waals surface area contributed by atoms with Crippen LogP contribution in [0.2, 0.25) is 0 Å². The molecule has 2 aromatic carbocycles. The molecule has 0 fully saturated rings. The lowest BCUT2D eigenvalue weighted by Crippen LogP contribution is -2.68. The summed E-state index contributed by atoms with van der Waals surface area (Å²) < 4.78 is 5.05. The number of nitrogens with zero attached hydrogens (tertiary/aromatic N) is 2. The molecule has 2 heterocycles. The van der Waals surface area contributed by atoms with Gasteiger partial charge in [-0.3, -0.25) is 0 Å². The third-order valence-electron chi connectivity index (χ3n) is 7.91. The second-order valence-corrected chi connectivity index (χ2v) is 9.47. The molecule has 1 aliphatic heterocycles. The highest BCUT2D eigenvalue weighted by Gasteiger charge is 2.57. The van der Waals surface area contributed by atoms with E-state index in [2.05, 4.69) is 106 Å². The van der Waals surface area contributed by atoms with Crippen LogP contribution >= 0.6 is 0 Å². The predicted octanol–water partition coefficient (Wildman–Crippen LogP) is 6.94. The first kappa shape index (κ1) is 20.9. The number of imidazole rings is 1. The minimum atomic E-state index is 0.0409. The van der Waals surface area contributed by atoms with Crippen molar-refractivity contribution in [2.75, 3.05) is 0 Å². The van der Waals surface area contributed by atoms with Crippen molar-refractivity contribution >= 4 is 0 Å². The van der Waals surface area contributed by atoms with Crippen LogP contribution in [-0.2, 0) is 11.0 Å². The summed E-state index contributed by atoms with van der Waals surface area (Å²) in [5.41, 5.74) is 8.43.